The third kappa shape index (κ3) is 3.60. The molecule has 1 heterocycles. The Morgan fingerprint density at radius 2 is 1.90 bits per heavy atom. The number of ether oxygens (including phenoxy) is 1. The number of hydrogen-bond acceptors (Lipinski definition) is 4. The Hall–Kier alpha value is -2.81. The molecule has 0 aliphatic rings. The van der Waals surface area contributed by atoms with Crippen molar-refractivity contribution in [1.82, 2.24) is 9.13 Å². The second kappa shape index (κ2) is 6.57. The summed E-state index contributed by atoms with van der Waals surface area (Å²) in [7, 11) is 1.60. The van der Waals surface area contributed by atoms with Crippen LogP contribution in [0.25, 0.3) is 0 Å². The zero-order valence-corrected chi connectivity index (χ0v) is 11.7. The first kappa shape index (κ1) is 14.6. The van der Waals surface area contributed by atoms with E-state index in [2.05, 4.69) is 0 Å². The van der Waals surface area contributed by atoms with Crippen molar-refractivity contribution in [3.63, 3.8) is 0 Å². The van der Waals surface area contributed by atoms with Crippen molar-refractivity contribution in [3.05, 3.63) is 62.9 Å². The van der Waals surface area contributed by atoms with Crippen LogP contribution in [-0.2, 0) is 13.6 Å². The van der Waals surface area contributed by atoms with E-state index in [-0.39, 0.29) is 11.2 Å². The van der Waals surface area contributed by atoms with E-state index in [0.29, 0.717) is 30.9 Å². The van der Waals surface area contributed by atoms with E-state index in [9.17, 15) is 9.59 Å². The quantitative estimate of drug-likeness (QED) is 0.764. The normalized spacial score (nSPS) is 10.1. The minimum atomic E-state index is -0.333. The van der Waals surface area contributed by atoms with Gasteiger partial charge in [-0.2, -0.15) is 5.26 Å². The van der Waals surface area contributed by atoms with Gasteiger partial charge in [-0.05, 0) is 30.7 Å². The van der Waals surface area contributed by atoms with Gasteiger partial charge in [0.1, 0.15) is 5.75 Å². The van der Waals surface area contributed by atoms with Gasteiger partial charge in [0.05, 0.1) is 18.2 Å². The predicted molar refractivity (Wildman–Crippen MR) is 77.2 cm³/mol. The van der Waals surface area contributed by atoms with Gasteiger partial charge in [-0.25, -0.2) is 4.79 Å². The second-order valence-electron chi connectivity index (χ2n) is 4.54. The Balaban J connectivity index is 1.90. The fraction of sp³-hybridized carbons (Fsp3) is 0.267. The molecule has 0 saturated carbocycles. The number of benzene rings is 1. The van der Waals surface area contributed by atoms with Crippen LogP contribution in [0, 0.1) is 11.3 Å². The van der Waals surface area contributed by atoms with Crippen LogP contribution >= 0.6 is 0 Å². The van der Waals surface area contributed by atoms with E-state index in [4.69, 9.17) is 10.00 Å². The summed E-state index contributed by atoms with van der Waals surface area (Å²) in [5.74, 6) is 0.655. The lowest BCUT2D eigenvalue weighted by atomic mass is 10.2. The number of hydrogen-bond donors (Lipinski definition) is 0. The molecule has 0 aliphatic carbocycles. The molecule has 1 aromatic heterocycles. The smallest absolute Gasteiger partial charge is 0.330 e. The number of rotatable bonds is 5. The molecule has 0 radical (unpaired) electrons. The lowest BCUT2D eigenvalue weighted by molar-refractivity contribution is 0.299. The summed E-state index contributed by atoms with van der Waals surface area (Å²) >= 11 is 0. The molecule has 0 spiro atoms. The third-order valence-corrected chi connectivity index (χ3v) is 3.02. The number of aromatic nitrogens is 2. The van der Waals surface area contributed by atoms with Gasteiger partial charge < -0.3 is 9.30 Å². The van der Waals surface area contributed by atoms with Crippen LogP contribution in [0.2, 0.25) is 0 Å². The van der Waals surface area contributed by atoms with Gasteiger partial charge in [-0.1, -0.05) is 0 Å². The van der Waals surface area contributed by atoms with Crippen molar-refractivity contribution in [2.75, 3.05) is 6.61 Å². The van der Waals surface area contributed by atoms with Gasteiger partial charge in [0.15, 0.2) is 0 Å². The molecular formula is C15H15N3O3. The minimum absolute atomic E-state index is 0.308. The van der Waals surface area contributed by atoms with E-state index in [1.165, 1.54) is 21.4 Å². The molecule has 2 rings (SSSR count). The van der Waals surface area contributed by atoms with Crippen LogP contribution in [-0.4, -0.2) is 15.7 Å². The summed E-state index contributed by atoms with van der Waals surface area (Å²) in [5, 5.41) is 8.69. The van der Waals surface area contributed by atoms with Crippen LogP contribution in [0.15, 0.2) is 46.1 Å². The largest absolute Gasteiger partial charge is 0.494 e. The zero-order valence-electron chi connectivity index (χ0n) is 11.7. The maximum atomic E-state index is 11.8. The highest BCUT2D eigenvalue weighted by Gasteiger charge is 2.02. The Morgan fingerprint density at radius 1 is 1.19 bits per heavy atom. The first-order valence-electron chi connectivity index (χ1n) is 6.51. The molecule has 108 valence electrons. The molecule has 6 nitrogen and oxygen atoms in total. The molecular weight excluding hydrogens is 270 g/mol. The van der Waals surface area contributed by atoms with Crippen molar-refractivity contribution in [2.45, 2.75) is 13.0 Å². The first-order chi connectivity index (χ1) is 10.1. The molecule has 6 heteroatoms. The summed E-state index contributed by atoms with van der Waals surface area (Å²) in [5.41, 5.74) is -0.0703. The summed E-state index contributed by atoms with van der Waals surface area (Å²) in [4.78, 5) is 23.4. The summed E-state index contributed by atoms with van der Waals surface area (Å²) in [6.45, 7) is 0.693. The maximum Gasteiger partial charge on any atom is 0.330 e. The second-order valence-corrected chi connectivity index (χ2v) is 4.54. The number of aryl methyl sites for hydroxylation is 1. The fourth-order valence-corrected chi connectivity index (χ4v) is 1.86. The topological polar surface area (TPSA) is 77.0 Å². The summed E-state index contributed by atoms with van der Waals surface area (Å²) in [6, 6.07) is 10.2. The van der Waals surface area contributed by atoms with Crippen molar-refractivity contribution in [3.8, 4) is 11.8 Å². The van der Waals surface area contributed by atoms with Crippen LogP contribution in [0.1, 0.15) is 12.0 Å². The van der Waals surface area contributed by atoms with Crippen molar-refractivity contribution < 1.29 is 4.74 Å². The predicted octanol–water partition coefficient (Wildman–Crippen LogP) is 0.888. The molecule has 0 amide bonds. The lowest BCUT2D eigenvalue weighted by Crippen LogP contribution is -2.38. The van der Waals surface area contributed by atoms with Crippen molar-refractivity contribution in [1.29, 1.82) is 5.26 Å². The molecule has 0 N–H and O–H groups in total. The minimum Gasteiger partial charge on any atom is -0.494 e. The van der Waals surface area contributed by atoms with Gasteiger partial charge in [0.2, 0.25) is 0 Å². The van der Waals surface area contributed by atoms with E-state index >= 15 is 0 Å². The molecule has 0 atom stereocenters. The Bertz CT molecular complexity index is 766. The van der Waals surface area contributed by atoms with Gasteiger partial charge in [0, 0.05) is 25.9 Å². The molecule has 2 aromatic rings. The van der Waals surface area contributed by atoms with Gasteiger partial charge >= 0.3 is 5.69 Å². The molecule has 0 saturated heterocycles. The lowest BCUT2D eigenvalue weighted by Gasteiger charge is -2.08. The molecule has 0 fully saturated rings. The average Bonchev–Trinajstić information content (AvgIpc) is 2.51. The highest BCUT2D eigenvalue weighted by molar-refractivity contribution is 5.34. The highest BCUT2D eigenvalue weighted by Crippen LogP contribution is 2.11. The third-order valence-electron chi connectivity index (χ3n) is 3.02. The molecule has 1 aromatic carbocycles. The van der Waals surface area contributed by atoms with E-state index < -0.39 is 0 Å². The summed E-state index contributed by atoms with van der Waals surface area (Å²) in [6.07, 6.45) is 1.99. The fourth-order valence-electron chi connectivity index (χ4n) is 1.86. The average molecular weight is 285 g/mol. The molecule has 0 unspecified atom stereocenters. The molecule has 21 heavy (non-hydrogen) atoms. The number of nitrogens with zero attached hydrogens (tertiary/aromatic N) is 3. The highest BCUT2D eigenvalue weighted by atomic mass is 16.5. The zero-order chi connectivity index (χ0) is 15.2. The van der Waals surface area contributed by atoms with Crippen LogP contribution < -0.4 is 16.0 Å². The van der Waals surface area contributed by atoms with Crippen LogP contribution in [0.5, 0.6) is 5.75 Å². The first-order valence-corrected chi connectivity index (χ1v) is 6.51. The van der Waals surface area contributed by atoms with E-state index in [1.807, 2.05) is 6.07 Å². The summed E-state index contributed by atoms with van der Waals surface area (Å²) < 4.78 is 8.05. The molecule has 0 bridgehead atoms. The van der Waals surface area contributed by atoms with Crippen molar-refractivity contribution >= 4 is 0 Å². The number of nitriles is 1. The van der Waals surface area contributed by atoms with E-state index in [1.54, 1.807) is 31.3 Å². The van der Waals surface area contributed by atoms with Crippen molar-refractivity contribution in [2.24, 2.45) is 7.05 Å². The van der Waals surface area contributed by atoms with Gasteiger partial charge in [0.25, 0.3) is 5.56 Å². The SMILES string of the molecule is Cn1ccc(=O)n(CCCOc2ccc(C#N)cc2)c1=O. The maximum absolute atomic E-state index is 11.8. The Labute approximate surface area is 121 Å². The monoisotopic (exact) mass is 285 g/mol. The standard InChI is InChI=1S/C15H15N3O3/c1-17-9-7-14(19)18(15(17)20)8-2-10-21-13-5-3-12(11-16)4-6-13/h3-7,9H,2,8,10H2,1H3. The van der Waals surface area contributed by atoms with E-state index in [0.717, 1.165) is 0 Å². The van der Waals surface area contributed by atoms with Gasteiger partial charge in [-0.3, -0.25) is 9.36 Å². The Kier molecular flexibility index (Phi) is 4.57. The van der Waals surface area contributed by atoms with Gasteiger partial charge in [-0.15, -0.1) is 0 Å². The molecule has 0 aliphatic heterocycles. The van der Waals surface area contributed by atoms with Crippen LogP contribution in [0.4, 0.5) is 0 Å². The van der Waals surface area contributed by atoms with Crippen LogP contribution in [0.3, 0.4) is 0 Å². The Morgan fingerprint density at radius 3 is 2.57 bits per heavy atom.